The summed E-state index contributed by atoms with van der Waals surface area (Å²) in [6, 6.07) is 9.94. The Morgan fingerprint density at radius 2 is 1.90 bits per heavy atom. The number of pyridine rings is 1. The average Bonchev–Trinajstić information content (AvgIpc) is 3.15. The zero-order chi connectivity index (χ0) is 22.6. The molecule has 0 fully saturated rings. The molecule has 1 aromatic carbocycles. The maximum atomic E-state index is 12.5. The van der Waals surface area contributed by atoms with Gasteiger partial charge < -0.3 is 19.2 Å². The van der Waals surface area contributed by atoms with Gasteiger partial charge in [-0.15, -0.1) is 11.8 Å². The van der Waals surface area contributed by atoms with Crippen LogP contribution >= 0.6 is 11.8 Å². The number of nitrogens with zero attached hydrogens (tertiary/aromatic N) is 1. The minimum Gasteiger partial charge on any atom is -0.482 e. The molecule has 0 unspecified atom stereocenters. The van der Waals surface area contributed by atoms with E-state index in [9.17, 15) is 9.59 Å². The van der Waals surface area contributed by atoms with E-state index in [1.54, 1.807) is 63.4 Å². The van der Waals surface area contributed by atoms with Crippen LogP contribution < -0.4 is 10.1 Å². The first-order valence-electron chi connectivity index (χ1n) is 9.43. The Balaban J connectivity index is 1.61. The molecule has 0 bridgehead atoms. The number of carbonyl (C=O) groups is 2. The predicted molar refractivity (Wildman–Crippen MR) is 120 cm³/mol. The molecule has 0 saturated heterocycles. The van der Waals surface area contributed by atoms with Gasteiger partial charge in [-0.1, -0.05) is 0 Å². The highest BCUT2D eigenvalue weighted by atomic mass is 32.2. The van der Waals surface area contributed by atoms with Crippen LogP contribution in [0.5, 0.6) is 5.75 Å². The topological polar surface area (TPSA) is 115 Å². The number of rotatable bonds is 6. The van der Waals surface area contributed by atoms with Crippen LogP contribution in [-0.2, 0) is 9.53 Å². The first-order chi connectivity index (χ1) is 14.6. The molecule has 0 spiro atoms. The Morgan fingerprint density at radius 3 is 2.55 bits per heavy atom. The maximum absolute atomic E-state index is 12.5. The summed E-state index contributed by atoms with van der Waals surface area (Å²) in [6.45, 7) is 5.16. The molecule has 162 valence electrons. The lowest BCUT2D eigenvalue weighted by atomic mass is 10.2. The van der Waals surface area contributed by atoms with Gasteiger partial charge in [0.05, 0.1) is 5.04 Å². The molecule has 2 N–H and O–H groups in total. The standard InChI is InChI=1S/C22H23N3O5S/c1-22(2,3)30-18(26)12-28-16-7-5-15(6-8-16)25-20(27)17-10-13-9-14(19(23)31-4)11-24-21(13)29-17/h5-11,23H,12H2,1-4H3,(H,25,27). The fourth-order valence-electron chi connectivity index (χ4n) is 2.63. The Morgan fingerprint density at radius 1 is 1.19 bits per heavy atom. The van der Waals surface area contributed by atoms with Crippen molar-refractivity contribution in [2.75, 3.05) is 18.2 Å². The number of aromatic nitrogens is 1. The first-order valence-corrected chi connectivity index (χ1v) is 10.7. The van der Waals surface area contributed by atoms with Gasteiger partial charge in [0.25, 0.3) is 5.91 Å². The minimum atomic E-state index is -0.570. The third kappa shape index (κ3) is 6.08. The number of fused-ring (bicyclic) bond motifs is 1. The Labute approximate surface area is 183 Å². The highest BCUT2D eigenvalue weighted by molar-refractivity contribution is 8.13. The van der Waals surface area contributed by atoms with E-state index < -0.39 is 17.5 Å². The third-order valence-corrected chi connectivity index (χ3v) is 4.60. The molecule has 3 rings (SSSR count). The summed E-state index contributed by atoms with van der Waals surface area (Å²) in [5, 5.41) is 11.6. The van der Waals surface area contributed by atoms with Crippen LogP contribution in [-0.4, -0.2) is 40.4 Å². The fourth-order valence-corrected chi connectivity index (χ4v) is 2.97. The molecule has 2 aromatic heterocycles. The Kier molecular flexibility index (Phi) is 6.65. The Hall–Kier alpha value is -3.33. The molecule has 9 heteroatoms. The number of furan rings is 1. The van der Waals surface area contributed by atoms with Crippen molar-refractivity contribution in [1.29, 1.82) is 5.41 Å². The molecule has 2 heterocycles. The van der Waals surface area contributed by atoms with Gasteiger partial charge in [0.15, 0.2) is 12.4 Å². The molecule has 0 aliphatic heterocycles. The van der Waals surface area contributed by atoms with E-state index in [4.69, 9.17) is 19.3 Å². The van der Waals surface area contributed by atoms with Crippen molar-refractivity contribution in [2.24, 2.45) is 0 Å². The van der Waals surface area contributed by atoms with Crippen molar-refractivity contribution in [1.82, 2.24) is 4.98 Å². The largest absolute Gasteiger partial charge is 0.482 e. The first kappa shape index (κ1) is 22.4. The van der Waals surface area contributed by atoms with E-state index in [1.807, 2.05) is 6.26 Å². The number of hydrogen-bond donors (Lipinski definition) is 2. The van der Waals surface area contributed by atoms with Crippen molar-refractivity contribution < 1.29 is 23.5 Å². The summed E-state index contributed by atoms with van der Waals surface area (Å²) in [7, 11) is 0. The lowest BCUT2D eigenvalue weighted by molar-refractivity contribution is -0.157. The van der Waals surface area contributed by atoms with Crippen LogP contribution in [0, 0.1) is 5.41 Å². The number of nitrogens with one attached hydrogen (secondary N) is 2. The van der Waals surface area contributed by atoms with Crippen LogP contribution in [0.3, 0.4) is 0 Å². The zero-order valence-electron chi connectivity index (χ0n) is 17.6. The summed E-state index contributed by atoms with van der Waals surface area (Å²) in [5.41, 5.74) is 0.954. The molecule has 0 saturated carbocycles. The monoisotopic (exact) mass is 441 g/mol. The molecule has 3 aromatic rings. The number of benzene rings is 1. The van der Waals surface area contributed by atoms with Crippen LogP contribution in [0.4, 0.5) is 5.69 Å². The average molecular weight is 442 g/mol. The number of carbonyl (C=O) groups excluding carboxylic acids is 2. The second-order valence-electron chi connectivity index (χ2n) is 7.62. The summed E-state index contributed by atoms with van der Waals surface area (Å²) in [5.74, 6) is -0.303. The van der Waals surface area contributed by atoms with Gasteiger partial charge >= 0.3 is 5.97 Å². The molecular formula is C22H23N3O5S. The fraction of sp³-hybridized carbons (Fsp3) is 0.273. The van der Waals surface area contributed by atoms with Crippen LogP contribution in [0.2, 0.25) is 0 Å². The van der Waals surface area contributed by atoms with Crippen molar-refractivity contribution in [3.63, 3.8) is 0 Å². The molecule has 0 atom stereocenters. The second-order valence-corrected chi connectivity index (χ2v) is 8.43. The molecule has 0 radical (unpaired) electrons. The van der Waals surface area contributed by atoms with Gasteiger partial charge in [0.1, 0.15) is 11.4 Å². The van der Waals surface area contributed by atoms with Gasteiger partial charge in [-0.05, 0) is 63.4 Å². The molecule has 1 amide bonds. The van der Waals surface area contributed by atoms with Crippen LogP contribution in [0.15, 0.2) is 47.0 Å². The van der Waals surface area contributed by atoms with E-state index in [1.165, 1.54) is 11.8 Å². The highest BCUT2D eigenvalue weighted by Crippen LogP contribution is 2.22. The van der Waals surface area contributed by atoms with Gasteiger partial charge in [-0.2, -0.15) is 0 Å². The van der Waals surface area contributed by atoms with Crippen LogP contribution in [0.25, 0.3) is 11.1 Å². The smallest absolute Gasteiger partial charge is 0.344 e. The second kappa shape index (κ2) is 9.22. The number of hydrogen-bond acceptors (Lipinski definition) is 8. The van der Waals surface area contributed by atoms with E-state index >= 15 is 0 Å². The molecule has 31 heavy (non-hydrogen) atoms. The van der Waals surface area contributed by atoms with Gasteiger partial charge in [-0.25, -0.2) is 9.78 Å². The number of ether oxygens (including phenoxy) is 2. The number of amides is 1. The van der Waals surface area contributed by atoms with Gasteiger partial charge in [0.2, 0.25) is 5.71 Å². The van der Waals surface area contributed by atoms with E-state index in [-0.39, 0.29) is 12.4 Å². The van der Waals surface area contributed by atoms with Crippen molar-refractivity contribution in [3.05, 3.63) is 53.9 Å². The summed E-state index contributed by atoms with van der Waals surface area (Å²) in [6.07, 6.45) is 3.36. The molecular weight excluding hydrogens is 418 g/mol. The lowest BCUT2D eigenvalue weighted by Crippen LogP contribution is -2.27. The summed E-state index contributed by atoms with van der Waals surface area (Å²) < 4.78 is 16.1. The van der Waals surface area contributed by atoms with Crippen LogP contribution in [0.1, 0.15) is 36.9 Å². The highest BCUT2D eigenvalue weighted by Gasteiger charge is 2.17. The summed E-state index contributed by atoms with van der Waals surface area (Å²) >= 11 is 1.31. The zero-order valence-corrected chi connectivity index (χ0v) is 18.5. The van der Waals surface area contributed by atoms with Crippen molar-refractivity contribution in [3.8, 4) is 5.75 Å². The van der Waals surface area contributed by atoms with Crippen molar-refractivity contribution in [2.45, 2.75) is 26.4 Å². The lowest BCUT2D eigenvalue weighted by Gasteiger charge is -2.19. The molecule has 8 nitrogen and oxygen atoms in total. The Bertz CT molecular complexity index is 1120. The molecule has 0 aliphatic rings. The minimum absolute atomic E-state index is 0.112. The molecule has 0 aliphatic carbocycles. The van der Waals surface area contributed by atoms with Crippen molar-refractivity contribution >= 4 is 45.5 Å². The van der Waals surface area contributed by atoms with Gasteiger partial charge in [-0.3, -0.25) is 10.2 Å². The van der Waals surface area contributed by atoms with Gasteiger partial charge in [0, 0.05) is 22.8 Å². The van der Waals surface area contributed by atoms with E-state index in [2.05, 4.69) is 10.3 Å². The maximum Gasteiger partial charge on any atom is 0.344 e. The van der Waals surface area contributed by atoms with E-state index in [0.29, 0.717) is 33.1 Å². The normalized spacial score (nSPS) is 11.2. The SMILES string of the molecule is CSC(=N)c1cnc2oc(C(=O)Nc3ccc(OCC(=O)OC(C)(C)C)cc3)cc2c1. The third-order valence-electron chi connectivity index (χ3n) is 3.95. The van der Waals surface area contributed by atoms with E-state index in [0.717, 1.165) is 0 Å². The summed E-state index contributed by atoms with van der Waals surface area (Å²) in [4.78, 5) is 28.4. The number of esters is 1. The predicted octanol–water partition coefficient (Wildman–Crippen LogP) is 4.49. The number of thioether (sulfide) groups is 1. The quantitative estimate of drug-likeness (QED) is 0.329. The number of anilines is 1.